The molecule has 356 valence electrons. The first kappa shape index (κ1) is 46.9. The number of H-pyrrole nitrogens is 1. The van der Waals surface area contributed by atoms with Gasteiger partial charge in [-0.05, 0) is 47.9 Å². The van der Waals surface area contributed by atoms with E-state index in [0.717, 1.165) is 67.1 Å². The molecule has 0 bridgehead atoms. The van der Waals surface area contributed by atoms with Gasteiger partial charge < -0.3 is 10.1 Å². The molecule has 19 heteroatoms. The van der Waals surface area contributed by atoms with E-state index in [4.69, 9.17) is 21.3 Å². The van der Waals surface area contributed by atoms with Gasteiger partial charge in [-0.3, -0.25) is 10.1 Å². The van der Waals surface area contributed by atoms with Gasteiger partial charge in [0.2, 0.25) is 0 Å². The summed E-state index contributed by atoms with van der Waals surface area (Å²) in [6.45, 7) is 11.0. The average Bonchev–Trinajstić information content (AvgIpc) is 3.77. The number of nitro benzene ring substituents is 1. The summed E-state index contributed by atoms with van der Waals surface area (Å²) in [5.41, 5.74) is 5.12. The fourth-order valence-electron chi connectivity index (χ4n) is 9.80. The SMILES string of the molecule is CC1(C)CCC(CN2CCN(c3ccc(C(=O)NS(=O)(=O)c4ccc(NCC5(F)CCOCC5)c([N+](=O)[O-])c4)c(N4CC[PH](C)(O)c5nc6[nH]ccc6cc54)c3)CC2)=C(c2ccc(Cl)cc2)C1. The van der Waals surface area contributed by atoms with Gasteiger partial charge in [0.1, 0.15) is 5.67 Å². The van der Waals surface area contributed by atoms with Gasteiger partial charge in [-0.25, -0.2) is 4.39 Å². The summed E-state index contributed by atoms with van der Waals surface area (Å²) in [5.74, 6) is -0.942. The van der Waals surface area contributed by atoms with Crippen LogP contribution < -0.4 is 25.3 Å². The number of ether oxygens (including phenoxy) is 1. The Hall–Kier alpha value is -5.16. The normalized spacial score (nSPS) is 20.0. The number of benzene rings is 3. The molecule has 4 N–H and O–H groups in total. The number of aromatic nitrogens is 2. The van der Waals surface area contributed by atoms with Crippen LogP contribution in [-0.4, -0.2) is 117 Å². The quantitative estimate of drug-likeness (QED) is 0.0537. The molecule has 0 atom stereocenters. The average molecular weight is 976 g/mol. The number of halogens is 2. The number of fused-ring (bicyclic) bond motifs is 2. The van der Waals surface area contributed by atoms with Crippen molar-refractivity contribution in [2.75, 3.05) is 87.0 Å². The van der Waals surface area contributed by atoms with E-state index in [2.05, 4.69) is 50.8 Å². The van der Waals surface area contributed by atoms with Crippen LogP contribution in [0, 0.1) is 15.5 Å². The van der Waals surface area contributed by atoms with Crippen LogP contribution in [0.2, 0.25) is 5.02 Å². The minimum Gasteiger partial charge on any atom is -0.0843 e. The van der Waals surface area contributed by atoms with Gasteiger partial charge in [0.25, 0.3) is 0 Å². The molecule has 1 amide bonds. The predicted octanol–water partition coefficient (Wildman–Crippen LogP) is 8.02. The molecule has 5 aromatic rings. The Morgan fingerprint density at radius 1 is 1.00 bits per heavy atom. The van der Waals surface area contributed by atoms with Crippen LogP contribution in [0.3, 0.4) is 0 Å². The molecule has 2 fully saturated rings. The number of alkyl halides is 1. The number of carbonyl (C=O) groups excluding carboxylic acids is 1. The molecular weight excluding hydrogens is 918 g/mol. The van der Waals surface area contributed by atoms with Crippen LogP contribution >= 0.6 is 19.1 Å². The number of aromatic amines is 1. The standard InChI is InChI=1S/C48H57ClFN8O7PS/c1-47(2)14-12-34(39(29-47)32-4-6-35(49)7-5-32)30-55-18-20-56(21-19-55)36-8-10-38(41(27-36)57-22-25-66(3,62)46-43(57)26-33-13-17-51-44(33)53-46)45(59)54-67(63,64)37-9-11-40(42(28-37)58(60)61)52-31-48(50)15-23-65-24-16-48/h4-11,13,17,26-28,52,62,66H,12,14-16,18-25,29-31H2,1-3H3,(H,51,53)(H,54,59). The van der Waals surface area contributed by atoms with E-state index < -0.39 is 44.6 Å². The number of nitro groups is 1. The van der Waals surface area contributed by atoms with Crippen molar-refractivity contribution >= 4 is 85.5 Å². The molecular formula is C48H57ClFN8O7PS. The van der Waals surface area contributed by atoms with Crippen molar-refractivity contribution in [3.05, 3.63) is 111 Å². The van der Waals surface area contributed by atoms with Crippen LogP contribution in [-0.2, 0) is 14.8 Å². The molecule has 1 aliphatic carbocycles. The Labute approximate surface area is 395 Å². The van der Waals surface area contributed by atoms with E-state index in [1.54, 1.807) is 12.3 Å². The number of carbonyl (C=O) groups is 1. The molecule has 67 heavy (non-hydrogen) atoms. The maximum absolute atomic E-state index is 15.3. The van der Waals surface area contributed by atoms with E-state index in [1.165, 1.54) is 22.8 Å². The molecule has 5 heterocycles. The van der Waals surface area contributed by atoms with Crippen LogP contribution in [0.5, 0.6) is 0 Å². The van der Waals surface area contributed by atoms with Crippen molar-refractivity contribution in [2.45, 2.75) is 56.5 Å². The first-order valence-corrected chi connectivity index (χ1v) is 27.3. The fraction of sp³-hybridized carbons (Fsp3) is 0.417. The van der Waals surface area contributed by atoms with Gasteiger partial charge in [0.05, 0.1) is 0 Å². The first-order chi connectivity index (χ1) is 31.9. The van der Waals surface area contributed by atoms with Gasteiger partial charge in [-0.15, -0.1) is 0 Å². The van der Waals surface area contributed by atoms with Gasteiger partial charge in [-0.1, -0.05) is 37.6 Å². The summed E-state index contributed by atoms with van der Waals surface area (Å²) in [6.07, 6.45) is 5.55. The molecule has 2 aromatic heterocycles. The van der Waals surface area contributed by atoms with Crippen molar-refractivity contribution in [1.29, 1.82) is 0 Å². The molecule has 3 aliphatic heterocycles. The van der Waals surface area contributed by atoms with E-state index in [-0.39, 0.29) is 49.3 Å². The molecule has 15 nitrogen and oxygen atoms in total. The number of amides is 1. The van der Waals surface area contributed by atoms with Crippen LogP contribution in [0.4, 0.5) is 32.8 Å². The van der Waals surface area contributed by atoms with Gasteiger partial charge in [-0.2, -0.15) is 0 Å². The van der Waals surface area contributed by atoms with Crippen LogP contribution in [0.25, 0.3) is 16.6 Å². The number of sulfonamides is 1. The van der Waals surface area contributed by atoms with Crippen molar-refractivity contribution in [1.82, 2.24) is 19.6 Å². The Morgan fingerprint density at radius 3 is 2.48 bits per heavy atom. The van der Waals surface area contributed by atoms with Crippen molar-refractivity contribution in [3.8, 4) is 0 Å². The zero-order valence-electron chi connectivity index (χ0n) is 37.9. The van der Waals surface area contributed by atoms with Gasteiger partial charge in [0, 0.05) is 37.6 Å². The Kier molecular flexibility index (Phi) is 12.9. The second-order valence-corrected chi connectivity index (χ2v) is 25.0. The number of hydrogen-bond donors (Lipinski definition) is 4. The summed E-state index contributed by atoms with van der Waals surface area (Å²) in [5, 5.41) is 16.5. The summed E-state index contributed by atoms with van der Waals surface area (Å²) in [4.78, 5) is 51.8. The molecule has 0 unspecified atom stereocenters. The summed E-state index contributed by atoms with van der Waals surface area (Å²) in [7, 11) is -7.71. The largest absolute Gasteiger partial charge is 0.0843 e. The fourth-order valence-corrected chi connectivity index (χ4v) is 12.9. The molecule has 0 radical (unpaired) electrons. The number of hydrogen-bond acceptors (Lipinski definition) is 12. The first-order valence-electron chi connectivity index (χ1n) is 22.8. The van der Waals surface area contributed by atoms with Crippen molar-refractivity contribution in [2.24, 2.45) is 5.41 Å². The van der Waals surface area contributed by atoms with E-state index in [1.807, 2.05) is 48.0 Å². The minimum absolute atomic E-state index is 0.0497. The number of nitrogens with zero attached hydrogens (tertiary/aromatic N) is 5. The third-order valence-corrected chi connectivity index (χ3v) is 18.0. The smallest absolute Gasteiger partial charge is 0.0406 e. The summed E-state index contributed by atoms with van der Waals surface area (Å²) in [6, 6.07) is 20.5. The molecule has 0 spiro atoms. The van der Waals surface area contributed by atoms with Crippen molar-refractivity contribution in [3.63, 3.8) is 0 Å². The van der Waals surface area contributed by atoms with Gasteiger partial charge >= 0.3 is 244 Å². The topological polar surface area (TPSA) is 186 Å². The zero-order chi connectivity index (χ0) is 47.3. The number of allylic oxidation sites excluding steroid dienone is 1. The molecule has 3 aromatic carbocycles. The summed E-state index contributed by atoms with van der Waals surface area (Å²) < 4.78 is 50.7. The number of nitrogens with one attached hydrogen (secondary N) is 3. The Bertz CT molecular complexity index is 2860. The molecule has 4 aliphatic rings. The van der Waals surface area contributed by atoms with Gasteiger partial charge in [0.15, 0.2) is 0 Å². The third kappa shape index (κ3) is 10.0. The van der Waals surface area contributed by atoms with Crippen molar-refractivity contribution < 1.29 is 32.2 Å². The zero-order valence-corrected chi connectivity index (χ0v) is 40.5. The predicted molar refractivity (Wildman–Crippen MR) is 265 cm³/mol. The molecule has 2 saturated heterocycles. The maximum Gasteiger partial charge on any atom is 0.0406 e. The third-order valence-electron chi connectivity index (χ3n) is 13.9. The number of anilines is 4. The maximum atomic E-state index is 15.3. The monoisotopic (exact) mass is 974 g/mol. The Balaban J connectivity index is 0.998. The van der Waals surface area contributed by atoms with Crippen LogP contribution in [0.1, 0.15) is 61.9 Å². The molecule has 0 saturated carbocycles. The van der Waals surface area contributed by atoms with Crippen LogP contribution in [0.15, 0.2) is 89.5 Å². The minimum atomic E-state index is -4.67. The van der Waals surface area contributed by atoms with E-state index in [0.29, 0.717) is 48.3 Å². The number of pyridine rings is 1. The Morgan fingerprint density at radius 2 is 1.75 bits per heavy atom. The summed E-state index contributed by atoms with van der Waals surface area (Å²) >= 11 is 6.27. The number of rotatable bonds is 12. The molecule has 9 rings (SSSR count). The second-order valence-electron chi connectivity index (χ2n) is 19.3. The van der Waals surface area contributed by atoms with E-state index >= 15 is 4.39 Å². The van der Waals surface area contributed by atoms with E-state index in [9.17, 15) is 28.2 Å². The number of piperazine rings is 1. The second kappa shape index (κ2) is 18.4.